The summed E-state index contributed by atoms with van der Waals surface area (Å²) in [5, 5.41) is 0.691. The Bertz CT molecular complexity index is 1350. The van der Waals surface area contributed by atoms with Gasteiger partial charge in [-0.2, -0.15) is 0 Å². The van der Waals surface area contributed by atoms with E-state index >= 15 is 0 Å². The van der Waals surface area contributed by atoms with Crippen molar-refractivity contribution >= 4 is 33.2 Å². The number of rotatable bonds is 4. The molecular formula is C26H24ClN3O2S. The van der Waals surface area contributed by atoms with Crippen molar-refractivity contribution in [2.45, 2.75) is 43.9 Å². The van der Waals surface area contributed by atoms with Crippen LogP contribution < -0.4 is 10.3 Å². The number of ether oxygens (including phenoxy) is 1. The maximum atomic E-state index is 13.2. The molecule has 4 heterocycles. The van der Waals surface area contributed by atoms with E-state index in [1.165, 1.54) is 24.2 Å². The summed E-state index contributed by atoms with van der Waals surface area (Å²) in [6.45, 7) is 0. The average molecular weight is 478 g/mol. The summed E-state index contributed by atoms with van der Waals surface area (Å²) in [4.78, 5) is 21.3. The smallest absolute Gasteiger partial charge is 0.275 e. The van der Waals surface area contributed by atoms with E-state index in [0.717, 1.165) is 34.7 Å². The zero-order valence-corrected chi connectivity index (χ0v) is 19.9. The van der Waals surface area contributed by atoms with Gasteiger partial charge in [0.1, 0.15) is 22.9 Å². The minimum atomic E-state index is -0.0641. The highest BCUT2D eigenvalue weighted by Crippen LogP contribution is 2.36. The Morgan fingerprint density at radius 1 is 1.03 bits per heavy atom. The maximum absolute atomic E-state index is 13.2. The normalized spacial score (nSPS) is 22.7. The molecule has 0 aliphatic carbocycles. The molecule has 6 rings (SSSR count). The van der Waals surface area contributed by atoms with Gasteiger partial charge in [0.05, 0.1) is 11.2 Å². The van der Waals surface area contributed by atoms with Crippen LogP contribution in [0, 0.1) is 0 Å². The van der Waals surface area contributed by atoms with Crippen molar-refractivity contribution in [3.05, 3.63) is 76.3 Å². The Kier molecular flexibility index (Phi) is 5.24. The molecule has 2 fully saturated rings. The second-order valence-electron chi connectivity index (χ2n) is 9.01. The van der Waals surface area contributed by atoms with Crippen LogP contribution in [0.2, 0.25) is 5.02 Å². The molecule has 2 aromatic heterocycles. The first-order valence-corrected chi connectivity index (χ1v) is 12.5. The Morgan fingerprint density at radius 2 is 1.73 bits per heavy atom. The van der Waals surface area contributed by atoms with Gasteiger partial charge >= 0.3 is 0 Å². The Labute approximate surface area is 201 Å². The third-order valence-electron chi connectivity index (χ3n) is 7.04. The van der Waals surface area contributed by atoms with E-state index in [0.29, 0.717) is 27.3 Å². The van der Waals surface area contributed by atoms with Gasteiger partial charge in [0.15, 0.2) is 0 Å². The molecule has 7 heteroatoms. The van der Waals surface area contributed by atoms with Crippen LogP contribution in [0.3, 0.4) is 0 Å². The van der Waals surface area contributed by atoms with Gasteiger partial charge in [0, 0.05) is 22.0 Å². The Balaban J connectivity index is 1.24. The molecular weight excluding hydrogens is 454 g/mol. The van der Waals surface area contributed by atoms with E-state index < -0.39 is 0 Å². The summed E-state index contributed by atoms with van der Waals surface area (Å²) in [7, 11) is 2.24. The van der Waals surface area contributed by atoms with Crippen molar-refractivity contribution in [2.24, 2.45) is 0 Å². The molecule has 33 heavy (non-hydrogen) atoms. The van der Waals surface area contributed by atoms with Crippen LogP contribution in [0.1, 0.15) is 25.7 Å². The molecule has 2 aliphatic rings. The molecule has 168 valence electrons. The first kappa shape index (κ1) is 20.9. The van der Waals surface area contributed by atoms with Crippen molar-refractivity contribution in [1.29, 1.82) is 0 Å². The summed E-state index contributed by atoms with van der Waals surface area (Å²) in [5.41, 5.74) is 2.46. The molecule has 0 amide bonds. The fraction of sp³-hybridized carbons (Fsp3) is 0.308. The number of hydrogen-bond donors (Lipinski definition) is 0. The quantitative estimate of drug-likeness (QED) is 0.374. The van der Waals surface area contributed by atoms with E-state index in [1.54, 1.807) is 10.9 Å². The Morgan fingerprint density at radius 3 is 2.42 bits per heavy atom. The third kappa shape index (κ3) is 3.86. The summed E-state index contributed by atoms with van der Waals surface area (Å²) in [5.74, 6) is 0.857. The summed E-state index contributed by atoms with van der Waals surface area (Å²) in [6, 6.07) is 18.7. The SMILES string of the molecule is CN1[C@@H]2CC[C@H]1CC(Oc1ccc(-n3cnc4cc(-c5ccc(Cl)cc5)sc4c3=O)cc1)C2. The number of fused-ring (bicyclic) bond motifs is 3. The van der Waals surface area contributed by atoms with Gasteiger partial charge in [0.25, 0.3) is 5.56 Å². The fourth-order valence-corrected chi connectivity index (χ4v) is 6.36. The van der Waals surface area contributed by atoms with Crippen molar-refractivity contribution in [3.63, 3.8) is 0 Å². The lowest BCUT2D eigenvalue weighted by Gasteiger charge is -2.36. The zero-order chi connectivity index (χ0) is 22.5. The first-order valence-electron chi connectivity index (χ1n) is 11.3. The highest BCUT2D eigenvalue weighted by atomic mass is 35.5. The number of piperidine rings is 1. The summed E-state index contributed by atoms with van der Waals surface area (Å²) >= 11 is 7.46. The number of halogens is 1. The predicted octanol–water partition coefficient (Wildman–Crippen LogP) is 5.77. The topological polar surface area (TPSA) is 47.4 Å². The van der Waals surface area contributed by atoms with E-state index in [4.69, 9.17) is 16.3 Å². The van der Waals surface area contributed by atoms with Crippen molar-refractivity contribution in [3.8, 4) is 21.9 Å². The standard InChI is InChI=1S/C26H24ClN3O2S/c1-29-19-6-7-20(29)13-22(12-19)32-21-10-8-18(9-11-21)30-15-28-23-14-24(33-25(23)26(30)31)16-2-4-17(27)5-3-16/h2-5,8-11,14-15,19-20,22H,6-7,12-13H2,1H3/t19-,20+,22?. The third-order valence-corrected chi connectivity index (χ3v) is 8.45. The van der Waals surface area contributed by atoms with Crippen LogP contribution in [0.5, 0.6) is 5.75 Å². The summed E-state index contributed by atoms with van der Waals surface area (Å²) < 4.78 is 8.54. The Hall–Kier alpha value is -2.67. The van der Waals surface area contributed by atoms with Crippen LogP contribution in [-0.2, 0) is 0 Å². The molecule has 3 atom stereocenters. The van der Waals surface area contributed by atoms with Gasteiger partial charge in [-0.25, -0.2) is 4.98 Å². The van der Waals surface area contributed by atoms with Crippen LogP contribution in [0.15, 0.2) is 65.7 Å². The highest BCUT2D eigenvalue weighted by Gasteiger charge is 2.39. The molecule has 0 N–H and O–H groups in total. The fourth-order valence-electron chi connectivity index (χ4n) is 5.19. The van der Waals surface area contributed by atoms with E-state index in [2.05, 4.69) is 16.9 Å². The van der Waals surface area contributed by atoms with Crippen LogP contribution in [-0.4, -0.2) is 39.7 Å². The van der Waals surface area contributed by atoms with Crippen LogP contribution in [0.4, 0.5) is 0 Å². The number of hydrogen-bond acceptors (Lipinski definition) is 5. The molecule has 0 saturated carbocycles. The van der Waals surface area contributed by atoms with E-state index in [9.17, 15) is 4.79 Å². The number of aromatic nitrogens is 2. The molecule has 0 spiro atoms. The van der Waals surface area contributed by atoms with Gasteiger partial charge in [-0.1, -0.05) is 23.7 Å². The maximum Gasteiger partial charge on any atom is 0.275 e. The van der Waals surface area contributed by atoms with Crippen LogP contribution >= 0.6 is 22.9 Å². The van der Waals surface area contributed by atoms with Crippen molar-refractivity contribution in [1.82, 2.24) is 14.5 Å². The lowest BCUT2D eigenvalue weighted by Crippen LogP contribution is -2.43. The van der Waals surface area contributed by atoms with Gasteiger partial charge in [-0.15, -0.1) is 11.3 Å². The molecule has 4 aromatic rings. The second-order valence-corrected chi connectivity index (χ2v) is 10.5. The first-order chi connectivity index (χ1) is 16.0. The number of thiophene rings is 1. The molecule has 2 saturated heterocycles. The van der Waals surface area contributed by atoms with Crippen molar-refractivity contribution in [2.75, 3.05) is 7.05 Å². The largest absolute Gasteiger partial charge is 0.490 e. The summed E-state index contributed by atoms with van der Waals surface area (Å²) in [6.07, 6.45) is 6.60. The average Bonchev–Trinajstić information content (AvgIpc) is 3.33. The monoisotopic (exact) mass is 477 g/mol. The van der Waals surface area contributed by atoms with Crippen LogP contribution in [0.25, 0.3) is 26.3 Å². The van der Waals surface area contributed by atoms with Gasteiger partial charge in [-0.05, 0) is 80.8 Å². The minimum absolute atomic E-state index is 0.0641. The molecule has 0 radical (unpaired) electrons. The molecule has 2 aromatic carbocycles. The molecule has 2 bridgehead atoms. The lowest BCUT2D eigenvalue weighted by molar-refractivity contribution is 0.0662. The lowest BCUT2D eigenvalue weighted by atomic mass is 10.0. The number of nitrogens with zero attached hydrogens (tertiary/aromatic N) is 3. The zero-order valence-electron chi connectivity index (χ0n) is 18.3. The van der Waals surface area contributed by atoms with Gasteiger partial charge in [-0.3, -0.25) is 9.36 Å². The van der Waals surface area contributed by atoms with Crippen molar-refractivity contribution < 1.29 is 4.74 Å². The second kappa shape index (κ2) is 8.28. The highest BCUT2D eigenvalue weighted by molar-refractivity contribution is 7.22. The minimum Gasteiger partial charge on any atom is -0.490 e. The van der Waals surface area contributed by atoms with E-state index in [1.807, 2.05) is 54.6 Å². The predicted molar refractivity (Wildman–Crippen MR) is 134 cm³/mol. The van der Waals surface area contributed by atoms with Gasteiger partial charge < -0.3 is 9.64 Å². The molecule has 2 aliphatic heterocycles. The van der Waals surface area contributed by atoms with Gasteiger partial charge in [0.2, 0.25) is 0 Å². The number of benzene rings is 2. The molecule has 1 unspecified atom stereocenters. The molecule has 5 nitrogen and oxygen atoms in total. The van der Waals surface area contributed by atoms with E-state index in [-0.39, 0.29) is 11.7 Å².